The molecule has 25 heavy (non-hydrogen) atoms. The normalized spacial score (nSPS) is 12.0. The number of nitrogens with zero attached hydrogens (tertiary/aromatic N) is 3. The van der Waals surface area contributed by atoms with Gasteiger partial charge in [0, 0.05) is 6.54 Å². The van der Waals surface area contributed by atoms with Gasteiger partial charge in [-0.15, -0.1) is 16.4 Å². The van der Waals surface area contributed by atoms with Crippen LogP contribution in [-0.2, 0) is 19.4 Å². The fourth-order valence-corrected chi connectivity index (χ4v) is 2.93. The van der Waals surface area contributed by atoms with Crippen molar-refractivity contribution < 1.29 is 17.6 Å². The van der Waals surface area contributed by atoms with Gasteiger partial charge in [0.25, 0.3) is 5.89 Å². The summed E-state index contributed by atoms with van der Waals surface area (Å²) in [6.07, 6.45) is -4.35. The van der Waals surface area contributed by atoms with Crippen LogP contribution in [0.4, 0.5) is 13.2 Å². The van der Waals surface area contributed by atoms with E-state index >= 15 is 0 Å². The van der Waals surface area contributed by atoms with E-state index in [1.807, 2.05) is 11.4 Å². The molecule has 0 unspecified atom stereocenters. The van der Waals surface area contributed by atoms with Gasteiger partial charge < -0.3 is 4.42 Å². The summed E-state index contributed by atoms with van der Waals surface area (Å²) < 4.78 is 44.0. The first-order valence-electron chi connectivity index (χ1n) is 7.29. The lowest BCUT2D eigenvalue weighted by Gasteiger charge is -2.16. The van der Waals surface area contributed by atoms with E-state index in [-0.39, 0.29) is 12.6 Å². The summed E-state index contributed by atoms with van der Waals surface area (Å²) in [5.74, 6) is -0.328. The molecule has 0 atom stereocenters. The summed E-state index contributed by atoms with van der Waals surface area (Å²) in [4.78, 5) is 14.4. The van der Waals surface area contributed by atoms with Crippen molar-refractivity contribution in [3.8, 4) is 10.8 Å². The first-order chi connectivity index (χ1) is 11.8. The largest absolute Gasteiger partial charge is 0.438 e. The minimum Gasteiger partial charge on any atom is -0.387 e. The number of rotatable bonds is 5. The summed E-state index contributed by atoms with van der Waals surface area (Å²) in [5.41, 5.74) is 0.0118. The highest BCUT2D eigenvalue weighted by atomic mass is 32.1. The fourth-order valence-electron chi connectivity index (χ4n) is 2.28. The molecule has 9 heteroatoms. The quantitative estimate of drug-likeness (QED) is 0.689. The van der Waals surface area contributed by atoms with E-state index in [4.69, 9.17) is 4.42 Å². The zero-order chi connectivity index (χ0) is 18.0. The maximum absolute atomic E-state index is 12.6. The lowest BCUT2D eigenvalue weighted by molar-refractivity contribution is -0.137. The van der Waals surface area contributed by atoms with Crippen LogP contribution in [-0.4, -0.2) is 21.7 Å². The Bertz CT molecular complexity index is 883. The third-order valence-electron chi connectivity index (χ3n) is 3.45. The van der Waals surface area contributed by atoms with Crippen LogP contribution in [0.15, 0.2) is 51.0 Å². The topological polar surface area (TPSA) is 51.3 Å². The van der Waals surface area contributed by atoms with Gasteiger partial charge in [-0.25, -0.2) is 4.79 Å². The van der Waals surface area contributed by atoms with Crippen molar-refractivity contribution in [1.29, 1.82) is 0 Å². The van der Waals surface area contributed by atoms with Crippen LogP contribution >= 0.6 is 11.3 Å². The Morgan fingerprint density at radius 2 is 1.96 bits per heavy atom. The summed E-state index contributed by atoms with van der Waals surface area (Å²) in [6.45, 7) is 0.528. The highest BCUT2D eigenvalue weighted by molar-refractivity contribution is 7.13. The van der Waals surface area contributed by atoms with Gasteiger partial charge in [-0.2, -0.15) is 17.9 Å². The van der Waals surface area contributed by atoms with Crippen molar-refractivity contribution >= 4 is 11.3 Å². The van der Waals surface area contributed by atoms with Crippen LogP contribution in [0.25, 0.3) is 10.8 Å². The maximum Gasteiger partial charge on any atom is 0.438 e. The number of aromatic nitrogens is 2. The number of thiophene rings is 1. The van der Waals surface area contributed by atoms with E-state index in [0.717, 1.165) is 17.0 Å². The molecule has 0 aliphatic rings. The molecule has 0 N–H and O–H groups in total. The Balaban J connectivity index is 1.67. The lowest BCUT2D eigenvalue weighted by atomic mass is 10.1. The van der Waals surface area contributed by atoms with E-state index in [1.54, 1.807) is 18.0 Å². The average molecular weight is 369 g/mol. The highest BCUT2D eigenvalue weighted by Crippen LogP contribution is 2.29. The molecule has 2 heterocycles. The molecule has 0 aliphatic carbocycles. The fraction of sp³-hybridized carbons (Fsp3) is 0.250. The van der Waals surface area contributed by atoms with E-state index < -0.39 is 17.5 Å². The van der Waals surface area contributed by atoms with Crippen LogP contribution < -0.4 is 5.76 Å². The van der Waals surface area contributed by atoms with Crippen molar-refractivity contribution in [2.75, 3.05) is 7.05 Å². The smallest absolute Gasteiger partial charge is 0.387 e. The molecule has 3 rings (SSSR count). The van der Waals surface area contributed by atoms with E-state index in [0.29, 0.717) is 12.1 Å². The molecule has 0 amide bonds. The Kier molecular flexibility index (Phi) is 4.78. The molecule has 0 spiro atoms. The van der Waals surface area contributed by atoms with Gasteiger partial charge in [-0.1, -0.05) is 18.2 Å². The standard InChI is InChI=1S/C16H14F3N3O2S/c1-21(9-11-4-6-12(7-5-11)16(17,18)19)10-22-15(23)24-14(20-22)13-3-2-8-25-13/h2-8H,9-10H2,1H3. The SMILES string of the molecule is CN(Cc1ccc(C(F)(F)F)cc1)Cn1nc(-c2cccs2)oc1=O. The van der Waals surface area contributed by atoms with Gasteiger partial charge in [0.15, 0.2) is 0 Å². The van der Waals surface area contributed by atoms with Crippen LogP contribution in [0.3, 0.4) is 0 Å². The van der Waals surface area contributed by atoms with Crippen molar-refractivity contribution in [3.63, 3.8) is 0 Å². The average Bonchev–Trinajstić information content (AvgIpc) is 3.17. The Morgan fingerprint density at radius 1 is 1.24 bits per heavy atom. The van der Waals surface area contributed by atoms with Gasteiger partial charge in [0.2, 0.25) is 0 Å². The summed E-state index contributed by atoms with van der Waals surface area (Å²) in [7, 11) is 1.74. The number of halogens is 3. The van der Waals surface area contributed by atoms with Crippen LogP contribution in [0, 0.1) is 0 Å². The monoisotopic (exact) mass is 369 g/mol. The van der Waals surface area contributed by atoms with Gasteiger partial charge in [-0.3, -0.25) is 4.90 Å². The second-order valence-corrected chi connectivity index (χ2v) is 6.45. The Labute approximate surface area is 144 Å². The molecule has 132 valence electrons. The number of hydrogen-bond donors (Lipinski definition) is 0. The zero-order valence-electron chi connectivity index (χ0n) is 13.2. The Morgan fingerprint density at radius 3 is 2.56 bits per heavy atom. The third-order valence-corrected chi connectivity index (χ3v) is 4.31. The third kappa shape index (κ3) is 4.18. The van der Waals surface area contributed by atoms with Crippen LogP contribution in [0.5, 0.6) is 0 Å². The molecule has 0 saturated heterocycles. The maximum atomic E-state index is 12.6. The second-order valence-electron chi connectivity index (χ2n) is 5.50. The molecule has 0 aliphatic heterocycles. The number of benzene rings is 1. The minimum atomic E-state index is -4.35. The summed E-state index contributed by atoms with van der Waals surface area (Å²) in [6, 6.07) is 8.55. The van der Waals surface area contributed by atoms with Crippen molar-refractivity contribution in [3.05, 3.63) is 63.5 Å². The molecule has 0 saturated carbocycles. The number of alkyl halides is 3. The predicted octanol–water partition coefficient (Wildman–Crippen LogP) is 3.67. The van der Waals surface area contributed by atoms with Crippen LogP contribution in [0.1, 0.15) is 11.1 Å². The molecule has 0 radical (unpaired) electrons. The molecular formula is C16H14F3N3O2S. The molecule has 3 aromatic rings. The number of hydrogen-bond acceptors (Lipinski definition) is 5. The molecule has 0 bridgehead atoms. The van der Waals surface area contributed by atoms with Crippen molar-refractivity contribution in [2.24, 2.45) is 0 Å². The molecular weight excluding hydrogens is 355 g/mol. The highest BCUT2D eigenvalue weighted by Gasteiger charge is 2.29. The second kappa shape index (κ2) is 6.85. The van der Waals surface area contributed by atoms with Crippen LogP contribution in [0.2, 0.25) is 0 Å². The van der Waals surface area contributed by atoms with Gasteiger partial charge >= 0.3 is 11.9 Å². The van der Waals surface area contributed by atoms with E-state index in [1.165, 1.54) is 28.2 Å². The predicted molar refractivity (Wildman–Crippen MR) is 87.0 cm³/mol. The van der Waals surface area contributed by atoms with Crippen molar-refractivity contribution in [2.45, 2.75) is 19.4 Å². The minimum absolute atomic E-state index is 0.161. The van der Waals surface area contributed by atoms with Gasteiger partial charge in [0.1, 0.15) is 6.67 Å². The molecule has 2 aromatic heterocycles. The molecule has 1 aromatic carbocycles. The summed E-state index contributed by atoms with van der Waals surface area (Å²) in [5, 5.41) is 5.99. The first-order valence-corrected chi connectivity index (χ1v) is 8.17. The lowest BCUT2D eigenvalue weighted by Crippen LogP contribution is -2.28. The summed E-state index contributed by atoms with van der Waals surface area (Å²) >= 11 is 1.41. The van der Waals surface area contributed by atoms with Crippen molar-refractivity contribution in [1.82, 2.24) is 14.7 Å². The Hall–Kier alpha value is -2.39. The van der Waals surface area contributed by atoms with E-state index in [9.17, 15) is 18.0 Å². The molecule has 0 fully saturated rings. The zero-order valence-corrected chi connectivity index (χ0v) is 14.0. The van der Waals surface area contributed by atoms with E-state index in [2.05, 4.69) is 5.10 Å². The molecule has 5 nitrogen and oxygen atoms in total. The first kappa shape index (κ1) is 17.4. The van der Waals surface area contributed by atoms with Gasteiger partial charge in [-0.05, 0) is 36.2 Å². The van der Waals surface area contributed by atoms with Gasteiger partial charge in [0.05, 0.1) is 10.4 Å².